The lowest BCUT2D eigenvalue weighted by Crippen LogP contribution is -2.37. The standard InChI is InChI=1S/C20H30N2O3S/c23-20(22-16-6-1-2-7-16)15-5-3-4-14(12-15)18-13-19(18)21-17-8-10-26(24,25)11-9-17/h3-5,12,16-19,21,24-25H,1-2,6-11,13H2,(H,22,23). The van der Waals surface area contributed by atoms with Crippen LogP contribution in [0.15, 0.2) is 24.3 Å². The minimum Gasteiger partial charge on any atom is -0.349 e. The third-order valence-electron chi connectivity index (χ3n) is 6.09. The Morgan fingerprint density at radius 3 is 2.50 bits per heavy atom. The van der Waals surface area contributed by atoms with E-state index in [1.54, 1.807) is 0 Å². The van der Waals surface area contributed by atoms with E-state index in [-0.39, 0.29) is 5.91 Å². The van der Waals surface area contributed by atoms with Crippen molar-refractivity contribution in [3.05, 3.63) is 35.4 Å². The molecule has 1 heterocycles. The first-order chi connectivity index (χ1) is 12.5. The summed E-state index contributed by atoms with van der Waals surface area (Å²) in [4.78, 5) is 12.5. The molecule has 0 radical (unpaired) electrons. The molecule has 3 fully saturated rings. The maximum absolute atomic E-state index is 12.5. The summed E-state index contributed by atoms with van der Waals surface area (Å²) in [5.41, 5.74) is 2.01. The molecule has 26 heavy (non-hydrogen) atoms. The maximum Gasteiger partial charge on any atom is 0.251 e. The molecule has 2 atom stereocenters. The van der Waals surface area contributed by atoms with E-state index in [9.17, 15) is 13.9 Å². The van der Waals surface area contributed by atoms with E-state index >= 15 is 0 Å². The summed E-state index contributed by atoms with van der Waals surface area (Å²) in [6, 6.07) is 9.26. The summed E-state index contributed by atoms with van der Waals surface area (Å²) in [6.07, 6.45) is 7.43. The van der Waals surface area contributed by atoms with Gasteiger partial charge in [-0.25, -0.2) is 0 Å². The number of rotatable bonds is 5. The summed E-state index contributed by atoms with van der Waals surface area (Å²) >= 11 is 0. The van der Waals surface area contributed by atoms with Gasteiger partial charge >= 0.3 is 0 Å². The van der Waals surface area contributed by atoms with Crippen molar-refractivity contribution >= 4 is 16.5 Å². The highest BCUT2D eigenvalue weighted by Crippen LogP contribution is 2.46. The topological polar surface area (TPSA) is 81.6 Å². The Kier molecular flexibility index (Phi) is 5.28. The van der Waals surface area contributed by atoms with Crippen LogP contribution in [0, 0.1) is 0 Å². The second-order valence-electron chi connectivity index (χ2n) is 8.18. The van der Waals surface area contributed by atoms with Gasteiger partial charge in [0.15, 0.2) is 0 Å². The van der Waals surface area contributed by atoms with Gasteiger partial charge in [0.1, 0.15) is 0 Å². The van der Waals surface area contributed by atoms with Crippen LogP contribution < -0.4 is 10.6 Å². The molecule has 2 aliphatic carbocycles. The van der Waals surface area contributed by atoms with Crippen LogP contribution in [0.25, 0.3) is 0 Å². The molecule has 2 saturated carbocycles. The highest BCUT2D eigenvalue weighted by Gasteiger charge is 2.40. The number of amides is 1. The largest absolute Gasteiger partial charge is 0.349 e. The van der Waals surface area contributed by atoms with Gasteiger partial charge in [-0.2, -0.15) is 10.6 Å². The van der Waals surface area contributed by atoms with Crippen molar-refractivity contribution in [1.82, 2.24) is 10.6 Å². The van der Waals surface area contributed by atoms with Crippen molar-refractivity contribution in [2.24, 2.45) is 0 Å². The molecule has 6 heteroatoms. The summed E-state index contributed by atoms with van der Waals surface area (Å²) in [6.45, 7) is 0. The van der Waals surface area contributed by atoms with Crippen LogP contribution in [0.1, 0.15) is 66.8 Å². The van der Waals surface area contributed by atoms with Gasteiger partial charge in [-0.05, 0) is 49.8 Å². The van der Waals surface area contributed by atoms with E-state index in [0.717, 1.165) is 37.7 Å². The van der Waals surface area contributed by atoms with Gasteiger partial charge in [-0.3, -0.25) is 13.9 Å². The van der Waals surface area contributed by atoms with Crippen molar-refractivity contribution in [2.75, 3.05) is 11.5 Å². The first kappa shape index (κ1) is 18.3. The molecule has 1 aromatic rings. The molecular weight excluding hydrogens is 348 g/mol. The van der Waals surface area contributed by atoms with E-state index in [4.69, 9.17) is 0 Å². The first-order valence-electron chi connectivity index (χ1n) is 9.91. The highest BCUT2D eigenvalue weighted by atomic mass is 32.3. The summed E-state index contributed by atoms with van der Waals surface area (Å²) in [7, 11) is -2.31. The Morgan fingerprint density at radius 2 is 1.77 bits per heavy atom. The monoisotopic (exact) mass is 378 g/mol. The molecular formula is C20H30N2O3S. The second-order valence-corrected chi connectivity index (χ2v) is 10.6. The molecule has 1 amide bonds. The zero-order valence-electron chi connectivity index (χ0n) is 15.2. The fraction of sp³-hybridized carbons (Fsp3) is 0.650. The Hall–Kier alpha value is -1.08. The minimum absolute atomic E-state index is 0.0568. The van der Waals surface area contributed by atoms with Gasteiger partial charge in [0.2, 0.25) is 0 Å². The number of hydrogen-bond acceptors (Lipinski definition) is 4. The molecule has 144 valence electrons. The molecule has 0 aromatic heterocycles. The lowest BCUT2D eigenvalue weighted by atomic mass is 10.1. The Bertz CT molecular complexity index is 650. The molecule has 5 nitrogen and oxygen atoms in total. The third-order valence-corrected chi connectivity index (χ3v) is 7.87. The van der Waals surface area contributed by atoms with Gasteiger partial charge in [0, 0.05) is 41.1 Å². The van der Waals surface area contributed by atoms with Crippen molar-refractivity contribution in [3.8, 4) is 0 Å². The smallest absolute Gasteiger partial charge is 0.251 e. The zero-order chi connectivity index (χ0) is 18.1. The first-order valence-corrected chi connectivity index (χ1v) is 11.8. The predicted molar refractivity (Wildman–Crippen MR) is 106 cm³/mol. The van der Waals surface area contributed by atoms with E-state index in [1.165, 1.54) is 18.4 Å². The molecule has 1 saturated heterocycles. The SMILES string of the molecule is O=C(NC1CCCC1)c1cccc(C2CC2NC2CCS(O)(O)CC2)c1. The lowest BCUT2D eigenvalue weighted by Gasteiger charge is -2.39. The van der Waals surface area contributed by atoms with Crippen LogP contribution >= 0.6 is 10.6 Å². The van der Waals surface area contributed by atoms with Gasteiger partial charge in [-0.15, -0.1) is 0 Å². The third kappa shape index (κ3) is 4.42. The molecule has 0 spiro atoms. The lowest BCUT2D eigenvalue weighted by molar-refractivity contribution is 0.0937. The van der Waals surface area contributed by atoms with Crippen molar-refractivity contribution in [2.45, 2.75) is 69.0 Å². The Labute approximate surface area is 157 Å². The minimum atomic E-state index is -2.31. The molecule has 4 N–H and O–H groups in total. The fourth-order valence-electron chi connectivity index (χ4n) is 4.37. The van der Waals surface area contributed by atoms with E-state index < -0.39 is 10.6 Å². The molecule has 2 unspecified atom stereocenters. The number of carbonyl (C=O) groups excluding carboxylic acids is 1. The Morgan fingerprint density at radius 1 is 1.04 bits per heavy atom. The molecule has 1 aromatic carbocycles. The second kappa shape index (κ2) is 7.50. The number of hydrogen-bond donors (Lipinski definition) is 4. The summed E-state index contributed by atoms with van der Waals surface area (Å²) < 4.78 is 19.5. The number of nitrogens with one attached hydrogen (secondary N) is 2. The molecule has 1 aliphatic heterocycles. The summed E-state index contributed by atoms with van der Waals surface area (Å²) in [5.74, 6) is 1.58. The molecule has 4 rings (SSSR count). The van der Waals surface area contributed by atoms with Gasteiger partial charge in [0.25, 0.3) is 5.91 Å². The van der Waals surface area contributed by atoms with E-state index in [1.807, 2.05) is 18.2 Å². The van der Waals surface area contributed by atoms with Gasteiger partial charge < -0.3 is 10.6 Å². The van der Waals surface area contributed by atoms with Crippen molar-refractivity contribution in [1.29, 1.82) is 0 Å². The average molecular weight is 379 g/mol. The van der Waals surface area contributed by atoms with Gasteiger partial charge in [-0.1, -0.05) is 25.0 Å². The highest BCUT2D eigenvalue weighted by molar-refractivity contribution is 8.24. The summed E-state index contributed by atoms with van der Waals surface area (Å²) in [5, 5.41) is 6.84. The molecule has 3 aliphatic rings. The zero-order valence-corrected chi connectivity index (χ0v) is 16.0. The van der Waals surface area contributed by atoms with Crippen LogP contribution in [0.2, 0.25) is 0 Å². The van der Waals surface area contributed by atoms with Crippen LogP contribution in [0.3, 0.4) is 0 Å². The van der Waals surface area contributed by atoms with E-state index in [2.05, 4.69) is 16.7 Å². The van der Waals surface area contributed by atoms with Crippen molar-refractivity contribution in [3.63, 3.8) is 0 Å². The van der Waals surface area contributed by atoms with Gasteiger partial charge in [0.05, 0.1) is 0 Å². The fourth-order valence-corrected chi connectivity index (χ4v) is 5.90. The van der Waals surface area contributed by atoms with Crippen molar-refractivity contribution < 1.29 is 13.9 Å². The number of carbonyl (C=O) groups is 1. The Balaban J connectivity index is 1.31. The normalized spacial score (nSPS) is 30.1. The van der Waals surface area contributed by atoms with Crippen LogP contribution in [0.5, 0.6) is 0 Å². The van der Waals surface area contributed by atoms with Crippen LogP contribution in [-0.2, 0) is 0 Å². The quantitative estimate of drug-likeness (QED) is 0.629. The average Bonchev–Trinajstić information content (AvgIpc) is 3.20. The predicted octanol–water partition coefficient (Wildman–Crippen LogP) is 3.72. The molecule has 0 bridgehead atoms. The number of benzene rings is 1. The van der Waals surface area contributed by atoms with Crippen LogP contribution in [0.4, 0.5) is 0 Å². The van der Waals surface area contributed by atoms with E-state index in [0.29, 0.717) is 35.5 Å². The van der Waals surface area contributed by atoms with Crippen LogP contribution in [-0.4, -0.2) is 44.6 Å². The maximum atomic E-state index is 12.5.